The maximum Gasteiger partial charge on any atom is 0.0757 e. The summed E-state index contributed by atoms with van der Waals surface area (Å²) in [6.07, 6.45) is 10.9. The summed E-state index contributed by atoms with van der Waals surface area (Å²) in [5.41, 5.74) is 0. The van der Waals surface area contributed by atoms with Crippen LogP contribution in [0.3, 0.4) is 0 Å². The van der Waals surface area contributed by atoms with Crippen LogP contribution in [-0.2, 0) is 4.74 Å². The molecule has 0 aromatic heterocycles. The molecular formula is C13H29OP. The lowest BCUT2D eigenvalue weighted by Crippen LogP contribution is -2.15. The van der Waals surface area contributed by atoms with Crippen molar-refractivity contribution < 1.29 is 4.74 Å². The van der Waals surface area contributed by atoms with E-state index in [0.29, 0.717) is 0 Å². The van der Waals surface area contributed by atoms with E-state index in [0.717, 1.165) is 6.61 Å². The van der Waals surface area contributed by atoms with Gasteiger partial charge in [-0.05, 0) is 20.3 Å². The molecule has 0 heterocycles. The molecule has 15 heavy (non-hydrogen) atoms. The molecule has 1 unspecified atom stereocenters. The first-order chi connectivity index (χ1) is 7.06. The van der Waals surface area contributed by atoms with E-state index in [1.165, 1.54) is 51.4 Å². The van der Waals surface area contributed by atoms with Crippen LogP contribution >= 0.6 is 9.24 Å². The predicted octanol–water partition coefficient (Wildman–Crippen LogP) is 4.75. The summed E-state index contributed by atoms with van der Waals surface area (Å²) in [5, 5.41) is -0.0405. The third kappa shape index (κ3) is 14.4. The minimum Gasteiger partial charge on any atom is -0.372 e. The number of unbranched alkanes of at least 4 members (excludes halogenated alkanes) is 7. The average Bonchev–Trinajstić information content (AvgIpc) is 2.14. The Bertz CT molecular complexity index is 129. The van der Waals surface area contributed by atoms with Crippen molar-refractivity contribution in [2.45, 2.75) is 77.5 Å². The van der Waals surface area contributed by atoms with Gasteiger partial charge in [-0.1, -0.05) is 51.9 Å². The van der Waals surface area contributed by atoms with Crippen molar-refractivity contribution in [2.75, 3.05) is 6.61 Å². The number of hydrogen-bond donors (Lipinski definition) is 0. The van der Waals surface area contributed by atoms with Crippen LogP contribution in [0.25, 0.3) is 0 Å². The van der Waals surface area contributed by atoms with E-state index in [4.69, 9.17) is 4.74 Å². The molecular weight excluding hydrogens is 203 g/mol. The fourth-order valence-electron chi connectivity index (χ4n) is 1.57. The second-order valence-corrected chi connectivity index (χ2v) is 6.32. The molecule has 0 rings (SSSR count). The van der Waals surface area contributed by atoms with Crippen LogP contribution in [0.1, 0.15) is 72.1 Å². The average molecular weight is 232 g/mol. The molecule has 1 nitrogen and oxygen atoms in total. The first kappa shape index (κ1) is 15.4. The molecule has 0 saturated carbocycles. The van der Waals surface area contributed by atoms with E-state index in [-0.39, 0.29) is 5.34 Å². The molecule has 0 aliphatic rings. The van der Waals surface area contributed by atoms with Gasteiger partial charge in [0, 0.05) is 6.61 Å². The Hall–Kier alpha value is 0.390. The molecule has 0 aromatic carbocycles. The van der Waals surface area contributed by atoms with Gasteiger partial charge in [0.05, 0.1) is 5.34 Å². The Balaban J connectivity index is 2.99. The molecule has 0 saturated heterocycles. The SMILES string of the molecule is CCCCCCCCCCOC(C)(C)P. The Morgan fingerprint density at radius 3 is 1.80 bits per heavy atom. The van der Waals surface area contributed by atoms with Crippen LogP contribution < -0.4 is 0 Å². The Kier molecular flexibility index (Phi) is 9.85. The van der Waals surface area contributed by atoms with Crippen molar-refractivity contribution in [3.63, 3.8) is 0 Å². The van der Waals surface area contributed by atoms with Gasteiger partial charge in [-0.25, -0.2) is 0 Å². The summed E-state index contributed by atoms with van der Waals surface area (Å²) in [5.74, 6) is 0. The van der Waals surface area contributed by atoms with Crippen LogP contribution in [0.4, 0.5) is 0 Å². The lowest BCUT2D eigenvalue weighted by molar-refractivity contribution is 0.0489. The van der Waals surface area contributed by atoms with E-state index < -0.39 is 0 Å². The summed E-state index contributed by atoms with van der Waals surface area (Å²) < 4.78 is 5.64. The first-order valence-electron chi connectivity index (χ1n) is 6.49. The van der Waals surface area contributed by atoms with E-state index in [9.17, 15) is 0 Å². The maximum absolute atomic E-state index is 5.64. The van der Waals surface area contributed by atoms with Gasteiger partial charge < -0.3 is 4.74 Å². The summed E-state index contributed by atoms with van der Waals surface area (Å²) >= 11 is 0. The van der Waals surface area contributed by atoms with Gasteiger partial charge in [0.2, 0.25) is 0 Å². The zero-order chi connectivity index (χ0) is 11.6. The fraction of sp³-hybridized carbons (Fsp3) is 1.00. The second-order valence-electron chi connectivity index (χ2n) is 4.93. The summed E-state index contributed by atoms with van der Waals surface area (Å²) in [7, 11) is 2.72. The van der Waals surface area contributed by atoms with Crippen molar-refractivity contribution in [1.82, 2.24) is 0 Å². The topological polar surface area (TPSA) is 9.23 Å². The largest absolute Gasteiger partial charge is 0.372 e. The quantitative estimate of drug-likeness (QED) is 0.390. The highest BCUT2D eigenvalue weighted by Gasteiger charge is 2.08. The van der Waals surface area contributed by atoms with Gasteiger partial charge in [-0.2, -0.15) is 0 Å². The van der Waals surface area contributed by atoms with E-state index in [1.807, 2.05) is 0 Å². The number of hydrogen-bond acceptors (Lipinski definition) is 1. The highest BCUT2D eigenvalue weighted by atomic mass is 31.0. The van der Waals surface area contributed by atoms with Crippen LogP contribution in [-0.4, -0.2) is 11.9 Å². The van der Waals surface area contributed by atoms with E-state index >= 15 is 0 Å². The molecule has 0 aromatic rings. The fourth-order valence-corrected chi connectivity index (χ4v) is 1.69. The molecule has 0 aliphatic heterocycles. The van der Waals surface area contributed by atoms with Crippen LogP contribution in [0, 0.1) is 0 Å². The smallest absolute Gasteiger partial charge is 0.0757 e. The summed E-state index contributed by atoms with van der Waals surface area (Å²) in [6, 6.07) is 0. The number of rotatable bonds is 10. The highest BCUT2D eigenvalue weighted by molar-refractivity contribution is 7.18. The van der Waals surface area contributed by atoms with E-state index in [2.05, 4.69) is 30.0 Å². The molecule has 92 valence electrons. The van der Waals surface area contributed by atoms with Gasteiger partial charge in [0.25, 0.3) is 0 Å². The zero-order valence-electron chi connectivity index (χ0n) is 10.8. The first-order valence-corrected chi connectivity index (χ1v) is 7.07. The van der Waals surface area contributed by atoms with Gasteiger partial charge in [0.1, 0.15) is 0 Å². The van der Waals surface area contributed by atoms with Crippen molar-refractivity contribution in [3.8, 4) is 0 Å². The van der Waals surface area contributed by atoms with Crippen molar-refractivity contribution in [3.05, 3.63) is 0 Å². The zero-order valence-corrected chi connectivity index (χ0v) is 12.0. The molecule has 0 fully saturated rings. The molecule has 0 radical (unpaired) electrons. The monoisotopic (exact) mass is 232 g/mol. The van der Waals surface area contributed by atoms with Gasteiger partial charge in [-0.15, -0.1) is 9.24 Å². The van der Waals surface area contributed by atoms with Crippen molar-refractivity contribution in [1.29, 1.82) is 0 Å². The maximum atomic E-state index is 5.64. The molecule has 0 spiro atoms. The van der Waals surface area contributed by atoms with Crippen LogP contribution in [0.15, 0.2) is 0 Å². The minimum atomic E-state index is -0.0405. The van der Waals surface area contributed by atoms with Crippen molar-refractivity contribution in [2.24, 2.45) is 0 Å². The Labute approximate surface area is 98.6 Å². The summed E-state index contributed by atoms with van der Waals surface area (Å²) in [6.45, 7) is 7.35. The Morgan fingerprint density at radius 2 is 1.33 bits per heavy atom. The lowest BCUT2D eigenvalue weighted by Gasteiger charge is -2.19. The standard InChI is InChI=1S/C13H29OP/c1-4-5-6-7-8-9-10-11-12-14-13(2,3)15/h4-12,15H2,1-3H3. The van der Waals surface area contributed by atoms with Gasteiger partial charge in [-0.3, -0.25) is 0 Å². The van der Waals surface area contributed by atoms with Crippen LogP contribution in [0.5, 0.6) is 0 Å². The normalized spacial score (nSPS) is 12.0. The third-order valence-electron chi connectivity index (χ3n) is 2.47. The lowest BCUT2D eigenvalue weighted by atomic mass is 10.1. The highest BCUT2D eigenvalue weighted by Crippen LogP contribution is 2.18. The number of ether oxygens (including phenoxy) is 1. The second kappa shape index (κ2) is 9.60. The molecule has 0 N–H and O–H groups in total. The van der Waals surface area contributed by atoms with Gasteiger partial charge >= 0.3 is 0 Å². The summed E-state index contributed by atoms with van der Waals surface area (Å²) in [4.78, 5) is 0. The molecule has 2 heteroatoms. The van der Waals surface area contributed by atoms with Gasteiger partial charge in [0.15, 0.2) is 0 Å². The molecule has 0 amide bonds. The third-order valence-corrected chi connectivity index (χ3v) is 2.64. The Morgan fingerprint density at radius 1 is 0.867 bits per heavy atom. The van der Waals surface area contributed by atoms with Crippen LogP contribution in [0.2, 0.25) is 0 Å². The molecule has 0 aliphatic carbocycles. The van der Waals surface area contributed by atoms with Crippen molar-refractivity contribution >= 4 is 9.24 Å². The minimum absolute atomic E-state index is 0.0405. The van der Waals surface area contributed by atoms with E-state index in [1.54, 1.807) is 0 Å². The molecule has 1 atom stereocenters. The predicted molar refractivity (Wildman–Crippen MR) is 72.4 cm³/mol. The molecule has 0 bridgehead atoms.